The third-order valence-corrected chi connectivity index (χ3v) is 3.76. The van der Waals surface area contributed by atoms with Crippen LogP contribution in [0.4, 0.5) is 4.39 Å². The molecule has 0 aliphatic carbocycles. The second-order valence-corrected chi connectivity index (χ2v) is 5.50. The summed E-state index contributed by atoms with van der Waals surface area (Å²) in [6, 6.07) is 10.8. The summed E-state index contributed by atoms with van der Waals surface area (Å²) in [6.07, 6.45) is 0. The average molecular weight is 308 g/mol. The topological polar surface area (TPSA) is 21.3 Å². The first-order valence-electron chi connectivity index (χ1n) is 6.86. The van der Waals surface area contributed by atoms with Gasteiger partial charge in [0.15, 0.2) is 0 Å². The van der Waals surface area contributed by atoms with Crippen LogP contribution >= 0.6 is 11.6 Å². The Labute approximate surface area is 129 Å². The van der Waals surface area contributed by atoms with Gasteiger partial charge in [0.25, 0.3) is 0 Å². The van der Waals surface area contributed by atoms with E-state index < -0.39 is 0 Å². The van der Waals surface area contributed by atoms with Gasteiger partial charge in [0, 0.05) is 16.6 Å². The third kappa shape index (κ3) is 3.96. The minimum Gasteiger partial charge on any atom is -0.489 e. The second-order valence-electron chi connectivity index (χ2n) is 5.06. The van der Waals surface area contributed by atoms with Crippen LogP contribution in [0.1, 0.15) is 29.7 Å². The van der Waals surface area contributed by atoms with Crippen molar-refractivity contribution in [3.8, 4) is 5.75 Å². The van der Waals surface area contributed by atoms with Crippen LogP contribution in [-0.4, -0.2) is 7.05 Å². The van der Waals surface area contributed by atoms with Crippen LogP contribution in [0.3, 0.4) is 0 Å². The van der Waals surface area contributed by atoms with Gasteiger partial charge in [-0.2, -0.15) is 0 Å². The zero-order valence-electron chi connectivity index (χ0n) is 12.4. The monoisotopic (exact) mass is 307 g/mol. The van der Waals surface area contributed by atoms with E-state index in [1.807, 2.05) is 26.1 Å². The molecule has 4 heteroatoms. The summed E-state index contributed by atoms with van der Waals surface area (Å²) in [7, 11) is 1.92. The van der Waals surface area contributed by atoms with Crippen molar-refractivity contribution in [1.29, 1.82) is 0 Å². The highest BCUT2D eigenvalue weighted by molar-refractivity contribution is 6.30. The molecule has 0 saturated carbocycles. The van der Waals surface area contributed by atoms with Crippen molar-refractivity contribution in [3.05, 3.63) is 63.9 Å². The van der Waals surface area contributed by atoms with Gasteiger partial charge in [-0.05, 0) is 56.3 Å². The van der Waals surface area contributed by atoms with E-state index in [-0.39, 0.29) is 18.5 Å². The molecule has 21 heavy (non-hydrogen) atoms. The van der Waals surface area contributed by atoms with E-state index in [1.165, 1.54) is 17.7 Å². The lowest BCUT2D eigenvalue weighted by Crippen LogP contribution is -2.12. The van der Waals surface area contributed by atoms with Crippen molar-refractivity contribution in [1.82, 2.24) is 5.32 Å². The van der Waals surface area contributed by atoms with Gasteiger partial charge in [-0.3, -0.25) is 0 Å². The van der Waals surface area contributed by atoms with Crippen LogP contribution in [0.15, 0.2) is 36.4 Å². The molecule has 0 amide bonds. The van der Waals surface area contributed by atoms with Crippen LogP contribution < -0.4 is 10.1 Å². The number of halogens is 2. The van der Waals surface area contributed by atoms with Gasteiger partial charge in [-0.1, -0.05) is 23.7 Å². The first-order valence-corrected chi connectivity index (χ1v) is 7.23. The molecule has 2 rings (SSSR count). The van der Waals surface area contributed by atoms with E-state index in [1.54, 1.807) is 6.07 Å². The first-order chi connectivity index (χ1) is 10.0. The molecule has 0 heterocycles. The predicted octanol–water partition coefficient (Wildman–Crippen LogP) is 4.65. The van der Waals surface area contributed by atoms with Crippen molar-refractivity contribution in [3.63, 3.8) is 0 Å². The Morgan fingerprint density at radius 2 is 2.00 bits per heavy atom. The maximum Gasteiger partial charge on any atom is 0.129 e. The van der Waals surface area contributed by atoms with Crippen LogP contribution in [0, 0.1) is 12.7 Å². The van der Waals surface area contributed by atoms with Crippen molar-refractivity contribution < 1.29 is 9.13 Å². The number of benzene rings is 2. The average Bonchev–Trinajstić information content (AvgIpc) is 2.48. The lowest BCUT2D eigenvalue weighted by molar-refractivity contribution is 0.297. The molecule has 2 aromatic carbocycles. The highest BCUT2D eigenvalue weighted by Gasteiger charge is 2.08. The number of nitrogens with one attached hydrogen (secondary N) is 1. The highest BCUT2D eigenvalue weighted by atomic mass is 35.5. The van der Waals surface area contributed by atoms with Gasteiger partial charge in [-0.15, -0.1) is 0 Å². The molecule has 0 aromatic heterocycles. The second kappa shape index (κ2) is 6.92. The van der Waals surface area contributed by atoms with E-state index >= 15 is 0 Å². The van der Waals surface area contributed by atoms with Crippen molar-refractivity contribution in [2.75, 3.05) is 7.05 Å². The molecular weight excluding hydrogens is 289 g/mol. The van der Waals surface area contributed by atoms with Crippen LogP contribution in [0.5, 0.6) is 5.75 Å². The van der Waals surface area contributed by atoms with Crippen LogP contribution in [-0.2, 0) is 6.61 Å². The summed E-state index contributed by atoms with van der Waals surface area (Å²) in [6.45, 7) is 4.24. The maximum absolute atomic E-state index is 13.6. The van der Waals surface area contributed by atoms with E-state index in [2.05, 4.69) is 18.3 Å². The molecule has 0 radical (unpaired) electrons. The normalized spacial score (nSPS) is 12.2. The van der Waals surface area contributed by atoms with Gasteiger partial charge in [-0.25, -0.2) is 4.39 Å². The summed E-state index contributed by atoms with van der Waals surface area (Å²) < 4.78 is 19.3. The number of hydrogen-bond acceptors (Lipinski definition) is 2. The van der Waals surface area contributed by atoms with Crippen molar-refractivity contribution in [2.45, 2.75) is 26.5 Å². The summed E-state index contributed by atoms with van der Waals surface area (Å²) in [5.74, 6) is 0.443. The van der Waals surface area contributed by atoms with Gasteiger partial charge in [0.2, 0.25) is 0 Å². The highest BCUT2D eigenvalue weighted by Crippen LogP contribution is 2.24. The molecule has 1 atom stereocenters. The third-order valence-electron chi connectivity index (χ3n) is 3.52. The molecule has 0 saturated heterocycles. The molecule has 2 nitrogen and oxygen atoms in total. The number of ether oxygens (including phenoxy) is 1. The Hall–Kier alpha value is -1.58. The minimum atomic E-state index is -0.308. The van der Waals surface area contributed by atoms with E-state index in [4.69, 9.17) is 16.3 Å². The predicted molar refractivity (Wildman–Crippen MR) is 84.4 cm³/mol. The van der Waals surface area contributed by atoms with Crippen LogP contribution in [0.25, 0.3) is 0 Å². The fraction of sp³-hybridized carbons (Fsp3) is 0.294. The van der Waals surface area contributed by atoms with E-state index in [9.17, 15) is 4.39 Å². The number of rotatable bonds is 5. The smallest absolute Gasteiger partial charge is 0.129 e. The molecule has 0 bridgehead atoms. The Morgan fingerprint density at radius 3 is 2.67 bits per heavy atom. The Kier molecular flexibility index (Phi) is 5.21. The maximum atomic E-state index is 13.6. The Bertz CT molecular complexity index is 630. The van der Waals surface area contributed by atoms with Crippen molar-refractivity contribution >= 4 is 11.6 Å². The number of hydrogen-bond donors (Lipinski definition) is 1. The van der Waals surface area contributed by atoms with Gasteiger partial charge < -0.3 is 10.1 Å². The zero-order valence-corrected chi connectivity index (χ0v) is 13.2. The lowest BCUT2D eigenvalue weighted by atomic mass is 10.1. The molecule has 1 N–H and O–H groups in total. The summed E-state index contributed by atoms with van der Waals surface area (Å²) >= 11 is 5.87. The zero-order chi connectivity index (χ0) is 15.4. The van der Waals surface area contributed by atoms with Gasteiger partial charge in [0.1, 0.15) is 18.2 Å². The summed E-state index contributed by atoms with van der Waals surface area (Å²) in [4.78, 5) is 0. The molecular formula is C17H19ClFNO. The number of aryl methyl sites for hydroxylation is 1. The SMILES string of the molecule is CNC(C)c1ccc(OCc2cc(Cl)ccc2F)c(C)c1. The first kappa shape index (κ1) is 15.8. The standard InChI is InChI=1S/C17H19ClFNO/c1-11-8-13(12(2)20-3)4-7-17(11)21-10-14-9-15(18)5-6-16(14)19/h4-9,12,20H,10H2,1-3H3. The van der Waals surface area contributed by atoms with E-state index in [0.717, 1.165) is 11.3 Å². The molecule has 0 aliphatic heterocycles. The lowest BCUT2D eigenvalue weighted by Gasteiger charge is -2.14. The molecule has 0 fully saturated rings. The fourth-order valence-electron chi connectivity index (χ4n) is 2.08. The molecule has 112 valence electrons. The van der Waals surface area contributed by atoms with Crippen LogP contribution in [0.2, 0.25) is 5.02 Å². The molecule has 0 aliphatic rings. The van der Waals surface area contributed by atoms with Gasteiger partial charge in [0.05, 0.1) is 0 Å². The largest absolute Gasteiger partial charge is 0.489 e. The van der Waals surface area contributed by atoms with E-state index in [0.29, 0.717) is 10.6 Å². The fourth-order valence-corrected chi connectivity index (χ4v) is 2.27. The molecule has 0 spiro atoms. The summed E-state index contributed by atoms with van der Waals surface area (Å²) in [5.41, 5.74) is 2.67. The van der Waals surface area contributed by atoms with Crippen molar-refractivity contribution in [2.24, 2.45) is 0 Å². The Balaban J connectivity index is 2.11. The van der Waals surface area contributed by atoms with Gasteiger partial charge >= 0.3 is 0 Å². The molecule has 2 aromatic rings. The molecule has 1 unspecified atom stereocenters. The summed E-state index contributed by atoms with van der Waals surface area (Å²) in [5, 5.41) is 3.70. The Morgan fingerprint density at radius 1 is 1.24 bits per heavy atom. The quantitative estimate of drug-likeness (QED) is 0.868. The minimum absolute atomic E-state index is 0.161.